The first kappa shape index (κ1) is 41.2. The lowest BCUT2D eigenvalue weighted by atomic mass is 10.1. The van der Waals surface area contributed by atoms with Crippen LogP contribution in [-0.4, -0.2) is 168 Å². The van der Waals surface area contributed by atoms with Gasteiger partial charge in [0.25, 0.3) is 0 Å². The molecule has 3 N–H and O–H groups in total. The van der Waals surface area contributed by atoms with Crippen molar-refractivity contribution < 1.29 is 47.9 Å². The van der Waals surface area contributed by atoms with E-state index in [-0.39, 0.29) is 0 Å². The first-order valence-corrected chi connectivity index (χ1v) is 13.9. The SMILES string of the molecule is C[N+](C)(C)CCCCCC[N+](C)(C)C.C[N+](C)(C)CCCCCC[N+](C)(C)C.O=C([O-])[C@H](O)[C@@H](O)C(=O)O. The standard InChI is InChI=1S/2C12H30N2.C4H6O6/c2*1-13(2,3)11-9-7-8-10-12-14(4,5)6;5-1(3(7)8)2(6)4(9)10/h2*7-12H2,1-6H3;1-2,5-6H,(H,7,8)(H,9,10)/q2*+2;/p-1/t;;1-,2-/m..1/s1. The Balaban J connectivity index is -0.000000492. The molecule has 10 nitrogen and oxygen atoms in total. The number of carboxylic acids is 2. The largest absolute Gasteiger partial charge is 0.547 e. The van der Waals surface area contributed by atoms with Crippen molar-refractivity contribution >= 4 is 11.9 Å². The van der Waals surface area contributed by atoms with Gasteiger partial charge in [-0.05, 0) is 51.4 Å². The maximum atomic E-state index is 9.74. The number of rotatable bonds is 17. The third kappa shape index (κ3) is 36.9. The van der Waals surface area contributed by atoms with Gasteiger partial charge in [0.2, 0.25) is 0 Å². The lowest BCUT2D eigenvalue weighted by molar-refractivity contribution is -0.871. The normalized spacial score (nSPS) is 13.9. The Kier molecular flexibility index (Phi) is 21.4. The van der Waals surface area contributed by atoms with Crippen LogP contribution in [0, 0.1) is 0 Å². The number of hydrogen-bond acceptors (Lipinski definition) is 5. The van der Waals surface area contributed by atoms with Crippen molar-refractivity contribution in [2.45, 2.75) is 63.6 Å². The van der Waals surface area contributed by atoms with Gasteiger partial charge in [-0.25, -0.2) is 4.79 Å². The van der Waals surface area contributed by atoms with E-state index in [1.54, 1.807) is 0 Å². The van der Waals surface area contributed by atoms with Crippen LogP contribution in [0.15, 0.2) is 0 Å². The van der Waals surface area contributed by atoms with Crippen LogP contribution in [0.5, 0.6) is 0 Å². The van der Waals surface area contributed by atoms with Crippen molar-refractivity contribution in [2.24, 2.45) is 0 Å². The van der Waals surface area contributed by atoms with Crippen LogP contribution in [0.2, 0.25) is 0 Å². The molecule has 38 heavy (non-hydrogen) atoms. The molecule has 0 saturated carbocycles. The number of aliphatic hydroxyl groups excluding tert-OH is 2. The van der Waals surface area contributed by atoms with Gasteiger partial charge in [-0.3, -0.25) is 0 Å². The van der Waals surface area contributed by atoms with E-state index in [0.29, 0.717) is 0 Å². The molecule has 0 aromatic carbocycles. The third-order valence-electron chi connectivity index (χ3n) is 5.61. The molecule has 230 valence electrons. The number of nitrogens with zero attached hydrogens (tertiary/aromatic N) is 4. The molecule has 2 atom stereocenters. The van der Waals surface area contributed by atoms with E-state index in [4.69, 9.17) is 15.3 Å². The molecular formula is C28H65N4O6+3. The fraction of sp³-hybridized carbons (Fsp3) is 0.929. The molecule has 0 bridgehead atoms. The van der Waals surface area contributed by atoms with Crippen molar-refractivity contribution in [1.29, 1.82) is 0 Å². The lowest BCUT2D eigenvalue weighted by Crippen LogP contribution is -2.46. The molecule has 0 unspecified atom stereocenters. The zero-order valence-electron chi connectivity index (χ0n) is 27.0. The summed E-state index contributed by atoms with van der Waals surface area (Å²) in [7, 11) is 27.2. The van der Waals surface area contributed by atoms with E-state index in [2.05, 4.69) is 84.6 Å². The summed E-state index contributed by atoms with van der Waals surface area (Å²) in [5, 5.41) is 34.1. The van der Waals surface area contributed by atoms with Gasteiger partial charge < -0.3 is 43.2 Å². The smallest absolute Gasteiger partial charge is 0.335 e. The molecule has 0 saturated heterocycles. The maximum absolute atomic E-state index is 9.74. The molecular weight excluding hydrogens is 488 g/mol. The Bertz CT molecular complexity index is 527. The predicted molar refractivity (Wildman–Crippen MR) is 153 cm³/mol. The molecule has 0 radical (unpaired) electrons. The van der Waals surface area contributed by atoms with Gasteiger partial charge in [-0.15, -0.1) is 0 Å². The minimum atomic E-state index is -2.38. The average Bonchev–Trinajstić information content (AvgIpc) is 2.69. The first-order chi connectivity index (χ1) is 16.9. The topological polar surface area (TPSA) is 118 Å². The Labute approximate surface area is 234 Å². The van der Waals surface area contributed by atoms with Crippen LogP contribution >= 0.6 is 0 Å². The number of aliphatic carboxylic acids is 2. The van der Waals surface area contributed by atoms with E-state index in [0.717, 1.165) is 17.9 Å². The number of carboxylic acid groups (broad SMARTS) is 2. The van der Waals surface area contributed by atoms with Gasteiger partial charge in [-0.2, -0.15) is 0 Å². The fourth-order valence-electron chi connectivity index (χ4n) is 3.32. The molecule has 0 aliphatic carbocycles. The Morgan fingerprint density at radius 1 is 0.500 bits per heavy atom. The summed E-state index contributed by atoms with van der Waals surface area (Å²) in [6, 6.07) is 0. The van der Waals surface area contributed by atoms with Crippen LogP contribution < -0.4 is 5.11 Å². The quantitative estimate of drug-likeness (QED) is 0.178. The van der Waals surface area contributed by atoms with Crippen molar-refractivity contribution in [3.8, 4) is 0 Å². The summed E-state index contributed by atoms with van der Waals surface area (Å²) in [4.78, 5) is 19.4. The van der Waals surface area contributed by atoms with Crippen LogP contribution in [0.1, 0.15) is 51.4 Å². The van der Waals surface area contributed by atoms with Crippen LogP contribution in [0.25, 0.3) is 0 Å². The molecule has 0 aromatic heterocycles. The third-order valence-corrected chi connectivity index (χ3v) is 5.61. The second-order valence-corrected chi connectivity index (χ2v) is 14.4. The minimum Gasteiger partial charge on any atom is -0.547 e. The average molecular weight is 554 g/mol. The summed E-state index contributed by atoms with van der Waals surface area (Å²) in [6.07, 6.45) is 6.39. The van der Waals surface area contributed by atoms with Gasteiger partial charge in [0, 0.05) is 0 Å². The zero-order valence-corrected chi connectivity index (χ0v) is 27.0. The van der Waals surface area contributed by atoms with Crippen LogP contribution in [0.4, 0.5) is 0 Å². The predicted octanol–water partition coefficient (Wildman–Crippen LogP) is 0.461. The molecule has 0 aliphatic rings. The highest BCUT2D eigenvalue weighted by molar-refractivity contribution is 5.82. The van der Waals surface area contributed by atoms with Gasteiger partial charge in [0.15, 0.2) is 6.10 Å². The summed E-state index contributed by atoms with van der Waals surface area (Å²) in [5.41, 5.74) is 0. The minimum absolute atomic E-state index is 1.11. The Morgan fingerprint density at radius 3 is 0.816 bits per heavy atom. The molecule has 0 spiro atoms. The van der Waals surface area contributed by atoms with E-state index in [1.807, 2.05) is 0 Å². The summed E-state index contributed by atoms with van der Waals surface area (Å²) in [5.74, 6) is -3.83. The second kappa shape index (κ2) is 19.7. The van der Waals surface area contributed by atoms with Gasteiger partial charge >= 0.3 is 5.97 Å². The van der Waals surface area contributed by atoms with E-state index in [1.165, 1.54) is 77.5 Å². The molecule has 0 heterocycles. The maximum Gasteiger partial charge on any atom is 0.335 e. The van der Waals surface area contributed by atoms with Crippen molar-refractivity contribution in [1.82, 2.24) is 0 Å². The molecule has 0 aromatic rings. The zero-order chi connectivity index (χ0) is 30.8. The highest BCUT2D eigenvalue weighted by Gasteiger charge is 2.24. The summed E-state index contributed by atoms with van der Waals surface area (Å²) >= 11 is 0. The second-order valence-electron chi connectivity index (χ2n) is 14.4. The molecule has 10 heteroatoms. The number of hydrogen-bond donors (Lipinski definition) is 3. The molecule has 0 fully saturated rings. The molecule has 0 aliphatic heterocycles. The van der Waals surface area contributed by atoms with E-state index >= 15 is 0 Å². The Morgan fingerprint density at radius 2 is 0.711 bits per heavy atom. The van der Waals surface area contributed by atoms with Gasteiger partial charge in [0.1, 0.15) is 6.10 Å². The Hall–Kier alpha value is -1.30. The fourth-order valence-corrected chi connectivity index (χ4v) is 3.32. The van der Waals surface area contributed by atoms with Gasteiger partial charge in [-0.1, -0.05) is 0 Å². The highest BCUT2D eigenvalue weighted by Crippen LogP contribution is 2.06. The van der Waals surface area contributed by atoms with Crippen LogP contribution in [0.3, 0.4) is 0 Å². The van der Waals surface area contributed by atoms with Crippen molar-refractivity contribution in [3.63, 3.8) is 0 Å². The number of quaternary nitrogens is 4. The summed E-state index contributed by atoms with van der Waals surface area (Å²) < 4.78 is 4.43. The molecule has 0 rings (SSSR count). The van der Waals surface area contributed by atoms with Crippen LogP contribution in [-0.2, 0) is 9.59 Å². The summed E-state index contributed by atoms with van der Waals surface area (Å²) in [6.45, 7) is 5.24. The van der Waals surface area contributed by atoms with Crippen molar-refractivity contribution in [3.05, 3.63) is 0 Å². The van der Waals surface area contributed by atoms with Gasteiger partial charge in [0.05, 0.1) is 117 Å². The highest BCUT2D eigenvalue weighted by atomic mass is 16.4. The molecule has 0 amide bonds. The van der Waals surface area contributed by atoms with E-state index < -0.39 is 24.1 Å². The van der Waals surface area contributed by atoms with Crippen molar-refractivity contribution in [2.75, 3.05) is 111 Å². The monoisotopic (exact) mass is 553 g/mol. The number of carbonyl (C=O) groups is 2. The van der Waals surface area contributed by atoms with E-state index in [9.17, 15) is 14.7 Å². The number of unbranched alkanes of at least 4 members (excludes halogenated alkanes) is 6. The first-order valence-electron chi connectivity index (χ1n) is 13.9. The lowest BCUT2D eigenvalue weighted by Gasteiger charge is -2.25. The number of carbonyl (C=O) groups excluding carboxylic acids is 1. The number of aliphatic hydroxyl groups is 2.